The van der Waals surface area contributed by atoms with Crippen LogP contribution in [0.5, 0.6) is 11.5 Å². The summed E-state index contributed by atoms with van der Waals surface area (Å²) in [5.41, 5.74) is 5.13. The average Bonchev–Trinajstić information content (AvgIpc) is 3.10. The summed E-state index contributed by atoms with van der Waals surface area (Å²) in [6.45, 7) is 7.19. The third-order valence-electron chi connectivity index (χ3n) is 4.63. The molecule has 0 aliphatic rings. The Morgan fingerprint density at radius 1 is 1.10 bits per heavy atom. The molecule has 1 aromatic heterocycles. The van der Waals surface area contributed by atoms with Gasteiger partial charge in [0, 0.05) is 31.0 Å². The number of hydrogen-bond acceptors (Lipinski definition) is 4. The Bertz CT molecular complexity index is 1030. The molecule has 7 nitrogen and oxygen atoms in total. The van der Waals surface area contributed by atoms with Gasteiger partial charge in [-0.05, 0) is 50.6 Å². The molecule has 0 unspecified atom stereocenters. The first-order valence-electron chi connectivity index (χ1n) is 9.95. The maximum Gasteiger partial charge on any atom is 0.195 e. The van der Waals surface area contributed by atoms with Crippen LogP contribution in [0.25, 0.3) is 5.69 Å². The topological polar surface area (TPSA) is 72.7 Å². The molecule has 0 aliphatic heterocycles. The third-order valence-corrected chi connectivity index (χ3v) is 4.63. The van der Waals surface area contributed by atoms with Crippen LogP contribution in [0, 0.1) is 13.8 Å². The van der Waals surface area contributed by atoms with Crippen LogP contribution in [-0.2, 0) is 6.54 Å². The smallest absolute Gasteiger partial charge is 0.195 e. The molecule has 0 saturated heterocycles. The lowest BCUT2D eigenvalue weighted by Gasteiger charge is -2.16. The Morgan fingerprint density at radius 3 is 2.57 bits per heavy atom. The van der Waals surface area contributed by atoms with E-state index < -0.39 is 0 Å². The third kappa shape index (κ3) is 4.92. The van der Waals surface area contributed by atoms with Crippen molar-refractivity contribution in [3.05, 3.63) is 65.5 Å². The number of aryl methyl sites for hydroxylation is 2. The second-order valence-electron chi connectivity index (χ2n) is 6.82. The zero-order chi connectivity index (χ0) is 21.5. The van der Waals surface area contributed by atoms with Crippen LogP contribution in [0.15, 0.2) is 53.5 Å². The largest absolute Gasteiger partial charge is 0.493 e. The minimum absolute atomic E-state index is 0.584. The Kier molecular flexibility index (Phi) is 6.95. The fourth-order valence-electron chi connectivity index (χ4n) is 3.25. The van der Waals surface area contributed by atoms with E-state index in [1.54, 1.807) is 14.2 Å². The molecule has 3 aromatic rings. The van der Waals surface area contributed by atoms with Crippen molar-refractivity contribution >= 4 is 11.6 Å². The first-order valence-corrected chi connectivity index (χ1v) is 9.95. The lowest BCUT2D eigenvalue weighted by Crippen LogP contribution is -2.30. The molecule has 0 amide bonds. The van der Waals surface area contributed by atoms with Gasteiger partial charge < -0.3 is 20.1 Å². The Labute approximate surface area is 177 Å². The maximum absolute atomic E-state index is 5.58. The van der Waals surface area contributed by atoms with Gasteiger partial charge in [0.2, 0.25) is 0 Å². The van der Waals surface area contributed by atoms with Crippen molar-refractivity contribution in [3.8, 4) is 17.2 Å². The van der Waals surface area contributed by atoms with Crippen molar-refractivity contribution in [3.63, 3.8) is 0 Å². The van der Waals surface area contributed by atoms with Crippen molar-refractivity contribution in [2.45, 2.75) is 27.3 Å². The van der Waals surface area contributed by atoms with Gasteiger partial charge in [-0.1, -0.05) is 18.2 Å². The summed E-state index contributed by atoms with van der Waals surface area (Å²) in [7, 11) is 3.37. The zero-order valence-electron chi connectivity index (χ0n) is 18.2. The van der Waals surface area contributed by atoms with Gasteiger partial charge in [-0.3, -0.25) is 4.99 Å². The van der Waals surface area contributed by atoms with Crippen molar-refractivity contribution in [1.82, 2.24) is 15.1 Å². The lowest BCUT2D eigenvalue weighted by atomic mass is 10.1. The van der Waals surface area contributed by atoms with Gasteiger partial charge in [0.25, 0.3) is 0 Å². The van der Waals surface area contributed by atoms with E-state index in [0.29, 0.717) is 30.6 Å². The lowest BCUT2D eigenvalue weighted by molar-refractivity contribution is 0.311. The number of hydrogen-bond donors (Lipinski definition) is 2. The van der Waals surface area contributed by atoms with E-state index in [9.17, 15) is 0 Å². The molecule has 0 radical (unpaired) electrons. The van der Waals surface area contributed by atoms with Crippen LogP contribution in [0.1, 0.15) is 23.9 Å². The summed E-state index contributed by atoms with van der Waals surface area (Å²) in [4.78, 5) is 4.34. The van der Waals surface area contributed by atoms with Crippen molar-refractivity contribution in [2.24, 2.45) is 4.99 Å². The average molecular weight is 408 g/mol. The Balaban J connectivity index is 1.74. The number of guanidine groups is 1. The molecule has 3 rings (SSSR count). The van der Waals surface area contributed by atoms with Crippen molar-refractivity contribution < 1.29 is 9.47 Å². The molecule has 158 valence electrons. The van der Waals surface area contributed by atoms with E-state index in [1.807, 2.05) is 48.9 Å². The number of benzene rings is 2. The Morgan fingerprint density at radius 2 is 1.90 bits per heavy atom. The molecule has 0 fully saturated rings. The molecule has 1 heterocycles. The molecule has 0 aliphatic carbocycles. The van der Waals surface area contributed by atoms with E-state index in [0.717, 1.165) is 28.3 Å². The van der Waals surface area contributed by atoms with E-state index in [4.69, 9.17) is 9.47 Å². The summed E-state index contributed by atoms with van der Waals surface area (Å²) >= 11 is 0. The highest BCUT2D eigenvalue weighted by Gasteiger charge is 2.10. The Hall–Kier alpha value is -3.48. The molecule has 0 atom stereocenters. The van der Waals surface area contributed by atoms with E-state index in [1.165, 1.54) is 0 Å². The first kappa shape index (κ1) is 21.2. The standard InChI is InChI=1S/C23H29N5O2/c1-6-30-21-12-11-19(14-22(21)29-5)26-23(24-4)25-15-18-9-7-8-10-20(18)28-17(3)13-16(2)27-28/h7-14H,6,15H2,1-5H3,(H2,24,25,26). The van der Waals surface area contributed by atoms with Crippen LogP contribution >= 0.6 is 0 Å². The second-order valence-corrected chi connectivity index (χ2v) is 6.82. The van der Waals surface area contributed by atoms with Crippen LogP contribution < -0.4 is 20.1 Å². The highest BCUT2D eigenvalue weighted by Crippen LogP contribution is 2.30. The zero-order valence-corrected chi connectivity index (χ0v) is 18.2. The van der Waals surface area contributed by atoms with Gasteiger partial charge in [-0.15, -0.1) is 0 Å². The normalized spacial score (nSPS) is 11.3. The van der Waals surface area contributed by atoms with Gasteiger partial charge in [-0.25, -0.2) is 4.68 Å². The van der Waals surface area contributed by atoms with Gasteiger partial charge in [0.1, 0.15) is 0 Å². The van der Waals surface area contributed by atoms with Crippen LogP contribution in [0.4, 0.5) is 5.69 Å². The molecule has 0 bridgehead atoms. The molecular formula is C23H29N5O2. The molecule has 0 spiro atoms. The minimum atomic E-state index is 0.584. The number of nitrogens with zero attached hydrogens (tertiary/aromatic N) is 3. The summed E-state index contributed by atoms with van der Waals surface area (Å²) in [5.74, 6) is 2.05. The molecule has 2 aromatic carbocycles. The predicted octanol–water partition coefficient (Wildman–Crippen LogP) is 4.08. The molecule has 7 heteroatoms. The number of anilines is 1. The highest BCUT2D eigenvalue weighted by molar-refractivity contribution is 5.93. The number of ether oxygens (including phenoxy) is 2. The van der Waals surface area contributed by atoms with Gasteiger partial charge in [0.15, 0.2) is 17.5 Å². The summed E-state index contributed by atoms with van der Waals surface area (Å²) < 4.78 is 13.0. The fourth-order valence-corrected chi connectivity index (χ4v) is 3.25. The highest BCUT2D eigenvalue weighted by atomic mass is 16.5. The summed E-state index contributed by atoms with van der Waals surface area (Å²) in [6.07, 6.45) is 0. The number of aliphatic imine (C=N–C) groups is 1. The number of aromatic nitrogens is 2. The van der Waals surface area contributed by atoms with E-state index in [2.05, 4.69) is 45.8 Å². The first-order chi connectivity index (χ1) is 14.5. The molecule has 30 heavy (non-hydrogen) atoms. The fraction of sp³-hybridized carbons (Fsp3) is 0.304. The predicted molar refractivity (Wildman–Crippen MR) is 121 cm³/mol. The van der Waals surface area contributed by atoms with Crippen LogP contribution in [-0.4, -0.2) is 36.5 Å². The maximum atomic E-state index is 5.58. The number of para-hydroxylation sites is 1. The molecule has 2 N–H and O–H groups in total. The van der Waals surface area contributed by atoms with Crippen molar-refractivity contribution in [1.29, 1.82) is 0 Å². The monoisotopic (exact) mass is 407 g/mol. The van der Waals surface area contributed by atoms with Gasteiger partial charge >= 0.3 is 0 Å². The SMILES string of the molecule is CCOc1ccc(NC(=NC)NCc2ccccc2-n2nc(C)cc2C)cc1OC. The minimum Gasteiger partial charge on any atom is -0.493 e. The van der Waals surface area contributed by atoms with E-state index >= 15 is 0 Å². The number of nitrogens with one attached hydrogen (secondary N) is 2. The van der Waals surface area contributed by atoms with Gasteiger partial charge in [0.05, 0.1) is 25.1 Å². The van der Waals surface area contributed by atoms with Crippen LogP contribution in [0.3, 0.4) is 0 Å². The summed E-state index contributed by atoms with van der Waals surface area (Å²) in [5, 5.41) is 11.3. The number of rotatable bonds is 7. The van der Waals surface area contributed by atoms with E-state index in [-0.39, 0.29) is 0 Å². The van der Waals surface area contributed by atoms with Crippen LogP contribution in [0.2, 0.25) is 0 Å². The quantitative estimate of drug-likeness (QED) is 0.456. The molecular weight excluding hydrogens is 378 g/mol. The van der Waals surface area contributed by atoms with Gasteiger partial charge in [-0.2, -0.15) is 5.10 Å². The van der Waals surface area contributed by atoms with Crippen molar-refractivity contribution in [2.75, 3.05) is 26.1 Å². The number of methoxy groups -OCH3 is 1. The summed E-state index contributed by atoms with van der Waals surface area (Å²) in [6, 6.07) is 16.0. The second kappa shape index (κ2) is 9.82. The molecule has 0 saturated carbocycles.